The molecular formula is C25H24N6O2. The van der Waals surface area contributed by atoms with Crippen LogP contribution in [0.2, 0.25) is 0 Å². The number of rotatable bonds is 4. The molecule has 0 spiro atoms. The third kappa shape index (κ3) is 4.15. The average molecular weight is 441 g/mol. The van der Waals surface area contributed by atoms with Crippen LogP contribution in [0.3, 0.4) is 0 Å². The second kappa shape index (κ2) is 8.60. The first-order valence-electron chi connectivity index (χ1n) is 11.0. The van der Waals surface area contributed by atoms with Gasteiger partial charge in [0.1, 0.15) is 11.3 Å². The molecule has 166 valence electrons. The Hall–Kier alpha value is -3.83. The van der Waals surface area contributed by atoms with Gasteiger partial charge in [0.25, 0.3) is 0 Å². The van der Waals surface area contributed by atoms with Crippen LogP contribution in [-0.2, 0) is 16.0 Å². The first-order valence-corrected chi connectivity index (χ1v) is 11.0. The summed E-state index contributed by atoms with van der Waals surface area (Å²) in [6.07, 6.45) is 7.01. The number of imidazole rings is 1. The van der Waals surface area contributed by atoms with Crippen LogP contribution in [0, 0.1) is 18.3 Å². The Balaban J connectivity index is 1.61. The van der Waals surface area contributed by atoms with Crippen molar-refractivity contribution >= 4 is 33.5 Å². The number of anilines is 1. The Morgan fingerprint density at radius 3 is 2.94 bits per heavy atom. The number of carbonyl (C=O) groups is 1. The maximum absolute atomic E-state index is 13.0. The quantitative estimate of drug-likeness (QED) is 0.513. The van der Waals surface area contributed by atoms with Crippen molar-refractivity contribution in [2.75, 3.05) is 11.9 Å². The lowest BCUT2D eigenvalue weighted by Gasteiger charge is -2.30. The van der Waals surface area contributed by atoms with Crippen molar-refractivity contribution in [3.8, 4) is 6.07 Å². The molecule has 8 nitrogen and oxygen atoms in total. The summed E-state index contributed by atoms with van der Waals surface area (Å²) < 4.78 is 7.95. The number of pyridine rings is 2. The summed E-state index contributed by atoms with van der Waals surface area (Å²) in [5, 5.41) is 13.2. The van der Waals surface area contributed by atoms with Gasteiger partial charge in [-0.25, -0.2) is 4.98 Å². The molecule has 8 heteroatoms. The largest absolute Gasteiger partial charge is 0.378 e. The third-order valence-electron chi connectivity index (χ3n) is 6.02. The van der Waals surface area contributed by atoms with Crippen LogP contribution in [-0.4, -0.2) is 38.1 Å². The van der Waals surface area contributed by atoms with Crippen molar-refractivity contribution in [3.63, 3.8) is 0 Å². The number of benzene rings is 1. The molecular weight excluding hydrogens is 416 g/mol. The van der Waals surface area contributed by atoms with E-state index in [0.29, 0.717) is 23.7 Å². The topological polar surface area (TPSA) is 106 Å². The fraction of sp³-hybridized carbons (Fsp3) is 0.320. The Morgan fingerprint density at radius 2 is 2.15 bits per heavy atom. The standard InChI is InChI=1S/C25H24N6O2/c1-15-7-18(13-27-12-15)29-24(32)10-23-30-22-14-28-21-4-3-17(11-26)9-20(21)25(22)31(23)19-5-6-33-16(2)8-19/h3-4,7,9,12-14,16,19H,5-6,8,10H2,1-2H3,(H,29,32)/t16-,19-/m1/s1. The molecule has 2 atom stereocenters. The van der Waals surface area contributed by atoms with Crippen molar-refractivity contribution < 1.29 is 9.53 Å². The smallest absolute Gasteiger partial charge is 0.232 e. The van der Waals surface area contributed by atoms with Crippen molar-refractivity contribution in [1.29, 1.82) is 5.26 Å². The number of nitrogens with one attached hydrogen (secondary N) is 1. The van der Waals surface area contributed by atoms with Gasteiger partial charge in [-0.15, -0.1) is 0 Å². The number of hydrogen-bond donors (Lipinski definition) is 1. The highest BCUT2D eigenvalue weighted by atomic mass is 16.5. The van der Waals surface area contributed by atoms with Gasteiger partial charge in [0.15, 0.2) is 0 Å². The zero-order valence-electron chi connectivity index (χ0n) is 18.6. The normalized spacial score (nSPS) is 18.3. The van der Waals surface area contributed by atoms with Gasteiger partial charge in [0.05, 0.1) is 53.3 Å². The SMILES string of the molecule is Cc1cncc(NC(=O)Cc2nc3cnc4ccc(C#N)cc4c3n2[C@@H]2CCO[C@H](C)C2)c1. The molecule has 1 N–H and O–H groups in total. The lowest BCUT2D eigenvalue weighted by atomic mass is 10.0. The molecule has 1 aliphatic rings. The number of fused-ring (bicyclic) bond motifs is 3. The van der Waals surface area contributed by atoms with Crippen molar-refractivity contribution in [1.82, 2.24) is 19.5 Å². The maximum Gasteiger partial charge on any atom is 0.232 e. The molecule has 33 heavy (non-hydrogen) atoms. The molecule has 0 saturated carbocycles. The van der Waals surface area contributed by atoms with E-state index in [9.17, 15) is 10.1 Å². The highest BCUT2D eigenvalue weighted by Gasteiger charge is 2.27. The van der Waals surface area contributed by atoms with Crippen LogP contribution in [0.1, 0.15) is 42.8 Å². The molecule has 4 aromatic rings. The van der Waals surface area contributed by atoms with E-state index in [-0.39, 0.29) is 24.5 Å². The number of nitriles is 1. The highest BCUT2D eigenvalue weighted by molar-refractivity contribution is 6.03. The molecule has 1 aromatic carbocycles. The lowest BCUT2D eigenvalue weighted by Crippen LogP contribution is -2.27. The van der Waals surface area contributed by atoms with Gasteiger partial charge in [0, 0.05) is 24.2 Å². The molecule has 4 heterocycles. The van der Waals surface area contributed by atoms with Crippen LogP contribution in [0.15, 0.2) is 42.9 Å². The van der Waals surface area contributed by atoms with Gasteiger partial charge in [-0.2, -0.15) is 5.26 Å². The summed E-state index contributed by atoms with van der Waals surface area (Å²) in [5.41, 5.74) is 4.63. The summed E-state index contributed by atoms with van der Waals surface area (Å²) >= 11 is 0. The molecule has 1 saturated heterocycles. The van der Waals surface area contributed by atoms with E-state index in [0.717, 1.165) is 40.3 Å². The summed E-state index contributed by atoms with van der Waals surface area (Å²) in [7, 11) is 0. The number of aryl methyl sites for hydroxylation is 1. The first kappa shape index (κ1) is 21.0. The van der Waals surface area contributed by atoms with Gasteiger partial charge in [-0.05, 0) is 56.5 Å². The Bertz CT molecular complexity index is 1400. The minimum absolute atomic E-state index is 0.115. The maximum atomic E-state index is 13.0. The zero-order chi connectivity index (χ0) is 22.9. The summed E-state index contributed by atoms with van der Waals surface area (Å²) in [6.45, 7) is 4.65. The Morgan fingerprint density at radius 1 is 1.27 bits per heavy atom. The van der Waals surface area contributed by atoms with Gasteiger partial charge in [-0.3, -0.25) is 14.8 Å². The van der Waals surface area contributed by atoms with E-state index in [4.69, 9.17) is 9.72 Å². The van der Waals surface area contributed by atoms with E-state index < -0.39 is 0 Å². The van der Waals surface area contributed by atoms with Crippen molar-refractivity contribution in [2.24, 2.45) is 0 Å². The van der Waals surface area contributed by atoms with Gasteiger partial charge < -0.3 is 14.6 Å². The van der Waals surface area contributed by atoms with E-state index in [1.807, 2.05) is 25.1 Å². The van der Waals surface area contributed by atoms with Crippen LogP contribution in [0.5, 0.6) is 0 Å². The summed E-state index contributed by atoms with van der Waals surface area (Å²) in [6, 6.07) is 9.71. The van der Waals surface area contributed by atoms with E-state index in [2.05, 4.69) is 32.8 Å². The number of amides is 1. The number of ether oxygens (including phenoxy) is 1. The minimum atomic E-state index is -0.158. The molecule has 1 fully saturated rings. The monoisotopic (exact) mass is 440 g/mol. The van der Waals surface area contributed by atoms with E-state index in [1.54, 1.807) is 24.7 Å². The van der Waals surface area contributed by atoms with Crippen LogP contribution >= 0.6 is 0 Å². The van der Waals surface area contributed by atoms with Gasteiger partial charge in [-0.1, -0.05) is 0 Å². The van der Waals surface area contributed by atoms with Crippen LogP contribution in [0.25, 0.3) is 21.9 Å². The Kier molecular flexibility index (Phi) is 5.48. The number of hydrogen-bond acceptors (Lipinski definition) is 6. The van der Waals surface area contributed by atoms with Crippen LogP contribution < -0.4 is 5.32 Å². The summed E-state index contributed by atoms with van der Waals surface area (Å²) in [4.78, 5) is 26.5. The van der Waals surface area contributed by atoms with Gasteiger partial charge >= 0.3 is 0 Å². The fourth-order valence-electron chi connectivity index (χ4n) is 4.59. The molecule has 0 unspecified atom stereocenters. The molecule has 0 aliphatic carbocycles. The number of aromatic nitrogens is 4. The minimum Gasteiger partial charge on any atom is -0.378 e. The van der Waals surface area contributed by atoms with Crippen molar-refractivity contribution in [3.05, 3.63) is 59.8 Å². The van der Waals surface area contributed by atoms with Crippen molar-refractivity contribution in [2.45, 2.75) is 45.3 Å². The first-order chi connectivity index (χ1) is 16.0. The second-order valence-corrected chi connectivity index (χ2v) is 8.57. The van der Waals surface area contributed by atoms with Gasteiger partial charge in [0.2, 0.25) is 5.91 Å². The third-order valence-corrected chi connectivity index (χ3v) is 6.02. The zero-order valence-corrected chi connectivity index (χ0v) is 18.6. The Labute approximate surface area is 191 Å². The van der Waals surface area contributed by atoms with E-state index in [1.165, 1.54) is 0 Å². The predicted molar refractivity (Wildman–Crippen MR) is 125 cm³/mol. The number of carbonyl (C=O) groups excluding carboxylic acids is 1. The highest BCUT2D eigenvalue weighted by Crippen LogP contribution is 2.34. The average Bonchev–Trinajstić information content (AvgIpc) is 3.17. The molecule has 5 rings (SSSR count). The molecule has 3 aromatic heterocycles. The summed E-state index contributed by atoms with van der Waals surface area (Å²) in [5.74, 6) is 0.521. The molecule has 0 radical (unpaired) electrons. The second-order valence-electron chi connectivity index (χ2n) is 8.57. The number of nitrogens with zero attached hydrogens (tertiary/aromatic N) is 5. The molecule has 1 amide bonds. The predicted octanol–water partition coefficient (Wildman–Crippen LogP) is 4.08. The molecule has 0 bridgehead atoms. The fourth-order valence-corrected chi connectivity index (χ4v) is 4.59. The molecule has 1 aliphatic heterocycles. The van der Waals surface area contributed by atoms with Crippen LogP contribution in [0.4, 0.5) is 5.69 Å². The van der Waals surface area contributed by atoms with E-state index >= 15 is 0 Å². The lowest BCUT2D eigenvalue weighted by molar-refractivity contribution is -0.115.